The second-order valence-electron chi connectivity index (χ2n) is 8.79. The molecule has 3 atom stereocenters. The zero-order valence-electron chi connectivity index (χ0n) is 19.9. The summed E-state index contributed by atoms with van der Waals surface area (Å²) in [5, 5.41) is 12.4. The molecule has 194 valence electrons. The minimum Gasteiger partial charge on any atom is -0.459 e. The number of hydrogen-bond donors (Lipinski definition) is 4. The highest BCUT2D eigenvalue weighted by Gasteiger charge is 2.39. The second kappa shape index (κ2) is 11.7. The van der Waals surface area contributed by atoms with Crippen LogP contribution in [0.4, 0.5) is 5.69 Å². The molecule has 0 amide bonds. The molecule has 0 aliphatic carbocycles. The van der Waals surface area contributed by atoms with Crippen molar-refractivity contribution in [3.63, 3.8) is 0 Å². The average Bonchev–Trinajstić information content (AvgIpc) is 3.05. The number of cyclic esters (lactones) is 1. The van der Waals surface area contributed by atoms with Gasteiger partial charge in [0.05, 0.1) is 18.8 Å². The molecule has 2 aliphatic heterocycles. The lowest BCUT2D eigenvalue weighted by atomic mass is 10.0. The normalized spacial score (nSPS) is 26.6. The van der Waals surface area contributed by atoms with Crippen LogP contribution in [-0.2, 0) is 23.3 Å². The van der Waals surface area contributed by atoms with Gasteiger partial charge in [0, 0.05) is 24.7 Å². The molecule has 2 aliphatic rings. The molecule has 0 radical (unpaired) electrons. The fourth-order valence-corrected chi connectivity index (χ4v) is 4.30. The lowest BCUT2D eigenvalue weighted by molar-refractivity contribution is -0.145. The lowest BCUT2D eigenvalue weighted by Gasteiger charge is -2.17. The molecule has 12 heteroatoms. The van der Waals surface area contributed by atoms with Crippen molar-refractivity contribution < 1.29 is 48.0 Å². The van der Waals surface area contributed by atoms with Gasteiger partial charge in [-0.25, -0.2) is 14.6 Å². The number of fused-ring (bicyclic) bond motifs is 2. The minimum atomic E-state index is -4.59. The number of hydrogen-bond acceptors (Lipinski definition) is 9. The molecule has 11 nitrogen and oxygen atoms in total. The van der Waals surface area contributed by atoms with Crippen LogP contribution in [0.2, 0.25) is 0 Å². The average molecular weight is 513 g/mol. The highest BCUT2D eigenvalue weighted by atomic mass is 31.2. The summed E-state index contributed by atoms with van der Waals surface area (Å²) in [7, 11) is -4.59. The number of rotatable bonds is 6. The summed E-state index contributed by atoms with van der Waals surface area (Å²) in [6.07, 6.45) is 8.38. The number of phosphoric ester groups is 1. The highest BCUT2D eigenvalue weighted by Crippen LogP contribution is 2.36. The van der Waals surface area contributed by atoms with Crippen molar-refractivity contribution >= 4 is 25.6 Å². The van der Waals surface area contributed by atoms with E-state index in [0.29, 0.717) is 30.5 Å². The van der Waals surface area contributed by atoms with Crippen LogP contribution < -0.4 is 10.2 Å². The molecule has 1 saturated heterocycles. The smallest absolute Gasteiger partial charge is 0.459 e. The topological polar surface area (TPSA) is 153 Å². The van der Waals surface area contributed by atoms with Crippen molar-refractivity contribution in [3.05, 3.63) is 41.5 Å². The third-order valence-electron chi connectivity index (χ3n) is 5.39. The summed E-state index contributed by atoms with van der Waals surface area (Å²) in [5.41, 5.74) is 0.875. The molecular weight excluding hydrogens is 481 g/mol. The minimum absolute atomic E-state index is 0.0362. The van der Waals surface area contributed by atoms with Crippen LogP contribution in [-0.4, -0.2) is 58.3 Å². The molecule has 4 N–H and O–H groups in total. The molecule has 1 aromatic carbocycles. The van der Waals surface area contributed by atoms with Gasteiger partial charge in [-0.15, -0.1) is 0 Å². The van der Waals surface area contributed by atoms with Crippen molar-refractivity contribution in [2.24, 2.45) is 0 Å². The van der Waals surface area contributed by atoms with Gasteiger partial charge in [-0.1, -0.05) is 24.3 Å². The van der Waals surface area contributed by atoms with Gasteiger partial charge >= 0.3 is 13.8 Å². The molecule has 35 heavy (non-hydrogen) atoms. The van der Waals surface area contributed by atoms with Crippen LogP contribution in [0.3, 0.4) is 0 Å². The van der Waals surface area contributed by atoms with E-state index in [9.17, 15) is 14.6 Å². The number of benzene rings is 1. The van der Waals surface area contributed by atoms with E-state index in [1.165, 1.54) is 6.07 Å². The van der Waals surface area contributed by atoms with Gasteiger partial charge in [0.1, 0.15) is 11.7 Å². The van der Waals surface area contributed by atoms with Crippen LogP contribution in [0.15, 0.2) is 30.4 Å². The number of ether oxygens (including phenoxy) is 3. The first-order valence-corrected chi connectivity index (χ1v) is 12.8. The Morgan fingerprint density at radius 3 is 2.43 bits per heavy atom. The first-order chi connectivity index (χ1) is 16.5. The largest absolute Gasteiger partial charge is 0.469 e. The zero-order chi connectivity index (χ0) is 25.6. The Bertz CT molecular complexity index is 1000. The van der Waals surface area contributed by atoms with Crippen molar-refractivity contribution in [1.29, 1.82) is 0 Å². The van der Waals surface area contributed by atoms with Crippen molar-refractivity contribution in [2.45, 2.75) is 64.1 Å². The fraction of sp³-hybridized carbons (Fsp3) is 0.522. The number of anilines is 1. The Morgan fingerprint density at radius 1 is 1.11 bits per heavy atom. The molecule has 1 aromatic rings. The number of carbonyl (C=O) groups excluding carboxylic acids is 1. The Balaban J connectivity index is 1.90. The van der Waals surface area contributed by atoms with Crippen molar-refractivity contribution in [1.82, 2.24) is 0 Å². The molecule has 3 unspecified atom stereocenters. The maximum Gasteiger partial charge on any atom is 0.469 e. The number of nitrogens with one attached hydrogen (secondary N) is 1. The van der Waals surface area contributed by atoms with E-state index in [2.05, 4.69) is 14.7 Å². The van der Waals surface area contributed by atoms with Crippen molar-refractivity contribution in [2.75, 3.05) is 18.5 Å². The number of esters is 1. The van der Waals surface area contributed by atoms with Gasteiger partial charge in [0.25, 0.3) is 0 Å². The van der Waals surface area contributed by atoms with Crippen LogP contribution in [0, 0.1) is 0 Å². The summed E-state index contributed by atoms with van der Waals surface area (Å²) < 4.78 is 32.9. The van der Waals surface area contributed by atoms with Crippen LogP contribution in [0.5, 0.6) is 5.75 Å². The van der Waals surface area contributed by atoms with E-state index < -0.39 is 25.7 Å². The monoisotopic (exact) mass is 513 g/mol. The first kappa shape index (κ1) is 27.3. The third-order valence-corrected chi connectivity index (χ3v) is 5.91. The highest BCUT2D eigenvalue weighted by molar-refractivity contribution is 7.46. The standard InChI is InChI=1S/C23H32NO10P/c1-15-7-4-5-9-18-19(33-23(2,3)32-18)10-6-8-16-13-17(24-11-12-30-35(27,28)29)14-20(34-26)21(16)22(25)31-15/h4-6,8,13-15,18-19,24,26H,7,9-12H2,1-3H3,(H2,27,28,29)/b5-4-,8-6+. The van der Waals surface area contributed by atoms with Crippen LogP contribution >= 0.6 is 7.82 Å². The Kier molecular flexibility index (Phi) is 9.11. The maximum absolute atomic E-state index is 13.0. The van der Waals surface area contributed by atoms with Gasteiger partial charge in [0.15, 0.2) is 11.5 Å². The second-order valence-corrected chi connectivity index (χ2v) is 10.0. The van der Waals surface area contributed by atoms with E-state index in [1.54, 1.807) is 19.1 Å². The predicted octanol–water partition coefficient (Wildman–Crippen LogP) is 3.88. The van der Waals surface area contributed by atoms with E-state index in [4.69, 9.17) is 24.0 Å². The van der Waals surface area contributed by atoms with E-state index in [-0.39, 0.29) is 36.7 Å². The molecule has 0 spiro atoms. The van der Waals surface area contributed by atoms with Crippen LogP contribution in [0.1, 0.15) is 56.0 Å². The number of carbonyl (C=O) groups is 1. The molecular formula is C23H32NO10P. The van der Waals surface area contributed by atoms with E-state index >= 15 is 0 Å². The van der Waals surface area contributed by atoms with Gasteiger partial charge < -0.3 is 34.2 Å². The van der Waals surface area contributed by atoms with Crippen LogP contribution in [0.25, 0.3) is 6.08 Å². The summed E-state index contributed by atoms with van der Waals surface area (Å²) in [6.45, 7) is 5.28. The lowest BCUT2D eigenvalue weighted by Crippen LogP contribution is -2.21. The third kappa shape index (κ3) is 8.15. The summed E-state index contributed by atoms with van der Waals surface area (Å²) in [4.78, 5) is 35.1. The molecule has 1 fully saturated rings. The van der Waals surface area contributed by atoms with Gasteiger partial charge in [-0.05, 0) is 45.2 Å². The Labute approximate surface area is 203 Å². The first-order valence-electron chi connectivity index (χ1n) is 11.3. The van der Waals surface area contributed by atoms with Gasteiger partial charge in [-0.2, -0.15) is 0 Å². The Hall–Kier alpha value is -2.24. The zero-order valence-corrected chi connectivity index (χ0v) is 20.8. The molecule has 0 aromatic heterocycles. The molecule has 3 rings (SSSR count). The maximum atomic E-state index is 13.0. The van der Waals surface area contributed by atoms with E-state index in [1.807, 2.05) is 32.1 Å². The molecule has 0 saturated carbocycles. The number of phosphoric acid groups is 1. The van der Waals surface area contributed by atoms with Gasteiger partial charge in [0.2, 0.25) is 0 Å². The van der Waals surface area contributed by atoms with Crippen molar-refractivity contribution in [3.8, 4) is 5.75 Å². The SMILES string of the molecule is CC1C/C=C\CC2OC(C)(C)OC2C/C=C/c2cc(NCCOP(=O)(O)O)cc(OO)c2C(=O)O1. The fourth-order valence-electron chi connectivity index (χ4n) is 3.97. The molecule has 2 heterocycles. The van der Waals surface area contributed by atoms with Gasteiger partial charge in [-0.3, -0.25) is 4.52 Å². The summed E-state index contributed by atoms with van der Waals surface area (Å²) in [6, 6.07) is 3.02. The Morgan fingerprint density at radius 2 is 1.77 bits per heavy atom. The summed E-state index contributed by atoms with van der Waals surface area (Å²) >= 11 is 0. The summed E-state index contributed by atoms with van der Waals surface area (Å²) in [5.74, 6) is -1.51. The predicted molar refractivity (Wildman–Crippen MR) is 127 cm³/mol. The molecule has 0 bridgehead atoms. The quantitative estimate of drug-likeness (QED) is 0.109. The van der Waals surface area contributed by atoms with E-state index in [0.717, 1.165) is 0 Å².